The number of carboxylic acids is 1. The highest BCUT2D eigenvalue weighted by Crippen LogP contribution is 2.44. The van der Waals surface area contributed by atoms with Crippen molar-refractivity contribution >= 4 is 18.0 Å². The largest absolute Gasteiger partial charge is 0.481 e. The van der Waals surface area contributed by atoms with Crippen LogP contribution < -0.4 is 16.8 Å². The Balaban J connectivity index is 1.60. The van der Waals surface area contributed by atoms with E-state index in [1.54, 1.807) is 0 Å². The number of hydrogen-bond acceptors (Lipinski definition) is 4. The van der Waals surface area contributed by atoms with Gasteiger partial charge < -0.3 is 26.6 Å². The maximum Gasteiger partial charge on any atom is 0.407 e. The molecule has 2 aromatic carbocycles. The molecule has 0 saturated heterocycles. The van der Waals surface area contributed by atoms with E-state index in [1.165, 1.54) is 0 Å². The Kier molecular flexibility index (Phi) is 6.90. The number of aliphatic carboxylic acids is 1. The third-order valence-corrected chi connectivity index (χ3v) is 5.09. The smallest absolute Gasteiger partial charge is 0.407 e. The van der Waals surface area contributed by atoms with Gasteiger partial charge in [-0.05, 0) is 35.1 Å². The zero-order valence-electron chi connectivity index (χ0n) is 16.6. The maximum absolute atomic E-state index is 12.4. The van der Waals surface area contributed by atoms with E-state index in [9.17, 15) is 9.59 Å². The lowest BCUT2D eigenvalue weighted by Crippen LogP contribution is -2.37. The summed E-state index contributed by atoms with van der Waals surface area (Å²) in [4.78, 5) is 27.3. The molecule has 0 saturated carbocycles. The number of hydrogen-bond donors (Lipinski definition) is 4. The Bertz CT molecular complexity index is 895. The quantitative estimate of drug-likeness (QED) is 0.284. The van der Waals surface area contributed by atoms with Crippen molar-refractivity contribution in [1.82, 2.24) is 5.32 Å². The summed E-state index contributed by atoms with van der Waals surface area (Å²) in [7, 11) is 0. The first kappa shape index (κ1) is 21.2. The number of carboxylic acid groups (broad SMARTS) is 1. The summed E-state index contributed by atoms with van der Waals surface area (Å²) in [5.74, 6) is -1.07. The summed E-state index contributed by atoms with van der Waals surface area (Å²) < 4.78 is 5.49. The zero-order chi connectivity index (χ0) is 21.5. The highest BCUT2D eigenvalue weighted by Gasteiger charge is 2.29. The highest BCUT2D eigenvalue weighted by molar-refractivity contribution is 5.79. The number of carbonyl (C=O) groups excluding carboxylic acids is 1. The predicted molar refractivity (Wildman–Crippen MR) is 114 cm³/mol. The van der Waals surface area contributed by atoms with Gasteiger partial charge in [-0.1, -0.05) is 48.5 Å². The van der Waals surface area contributed by atoms with Crippen LogP contribution in [0.3, 0.4) is 0 Å². The van der Waals surface area contributed by atoms with Crippen molar-refractivity contribution in [3.63, 3.8) is 0 Å². The summed E-state index contributed by atoms with van der Waals surface area (Å²) in [5, 5.41) is 11.8. The average molecular weight is 410 g/mol. The fourth-order valence-corrected chi connectivity index (χ4v) is 3.79. The monoisotopic (exact) mass is 410 g/mol. The van der Waals surface area contributed by atoms with Gasteiger partial charge in [0, 0.05) is 18.5 Å². The molecule has 3 rings (SSSR count). The first-order valence-corrected chi connectivity index (χ1v) is 9.84. The molecule has 30 heavy (non-hydrogen) atoms. The molecule has 0 unspecified atom stereocenters. The molecule has 1 aliphatic rings. The normalized spacial score (nSPS) is 13.1. The SMILES string of the molecule is NC(N)=NCCC[C@H](CC(=O)O)NC(=O)OCC1c2ccccc2-c2ccccc21. The molecule has 0 radical (unpaired) electrons. The van der Waals surface area contributed by atoms with Gasteiger partial charge in [-0.3, -0.25) is 9.79 Å². The zero-order valence-corrected chi connectivity index (χ0v) is 16.6. The topological polar surface area (TPSA) is 140 Å². The molecule has 1 aliphatic carbocycles. The van der Waals surface area contributed by atoms with Gasteiger partial charge >= 0.3 is 12.1 Å². The lowest BCUT2D eigenvalue weighted by molar-refractivity contribution is -0.137. The van der Waals surface area contributed by atoms with Gasteiger partial charge in [0.2, 0.25) is 0 Å². The fraction of sp³-hybridized carbons (Fsp3) is 0.318. The van der Waals surface area contributed by atoms with Crippen molar-refractivity contribution in [2.75, 3.05) is 13.2 Å². The first-order valence-electron chi connectivity index (χ1n) is 9.84. The second-order valence-electron chi connectivity index (χ2n) is 7.21. The molecule has 2 aromatic rings. The van der Waals surface area contributed by atoms with Gasteiger partial charge in [0.15, 0.2) is 5.96 Å². The molecule has 6 N–H and O–H groups in total. The van der Waals surface area contributed by atoms with Crippen molar-refractivity contribution in [3.05, 3.63) is 59.7 Å². The minimum atomic E-state index is -0.999. The molecule has 0 aliphatic heterocycles. The van der Waals surface area contributed by atoms with Crippen LogP contribution in [0.1, 0.15) is 36.3 Å². The minimum Gasteiger partial charge on any atom is -0.481 e. The number of ether oxygens (including phenoxy) is 1. The average Bonchev–Trinajstić information content (AvgIpc) is 3.03. The van der Waals surface area contributed by atoms with Crippen molar-refractivity contribution < 1.29 is 19.4 Å². The van der Waals surface area contributed by atoms with Crippen molar-refractivity contribution in [2.24, 2.45) is 16.5 Å². The summed E-state index contributed by atoms with van der Waals surface area (Å²) in [5.41, 5.74) is 15.1. The van der Waals surface area contributed by atoms with Crippen molar-refractivity contribution in [1.29, 1.82) is 0 Å². The summed E-state index contributed by atoms with van der Waals surface area (Å²) in [6.45, 7) is 0.540. The molecule has 0 bridgehead atoms. The minimum absolute atomic E-state index is 0.0192. The number of carbonyl (C=O) groups is 2. The van der Waals surface area contributed by atoms with Crippen molar-refractivity contribution in [3.8, 4) is 11.1 Å². The van der Waals surface area contributed by atoms with Crippen molar-refractivity contribution in [2.45, 2.75) is 31.2 Å². The number of nitrogens with one attached hydrogen (secondary N) is 1. The molecule has 158 valence electrons. The van der Waals surface area contributed by atoms with Gasteiger partial charge in [-0.2, -0.15) is 0 Å². The number of rotatable bonds is 9. The third-order valence-electron chi connectivity index (χ3n) is 5.09. The molecule has 8 heteroatoms. The number of aliphatic imine (C=N–C) groups is 1. The van der Waals surface area contributed by atoms with Gasteiger partial charge in [0.05, 0.1) is 6.42 Å². The molecule has 0 spiro atoms. The van der Waals surface area contributed by atoms with E-state index >= 15 is 0 Å². The second-order valence-corrected chi connectivity index (χ2v) is 7.21. The van der Waals surface area contributed by atoms with Crippen LogP contribution in [-0.4, -0.2) is 42.3 Å². The number of alkyl carbamates (subject to hydrolysis) is 1. The Labute approximate surface area is 174 Å². The Morgan fingerprint density at radius 1 is 1.07 bits per heavy atom. The molecule has 1 atom stereocenters. The van der Waals surface area contributed by atoms with E-state index in [2.05, 4.69) is 22.4 Å². The van der Waals surface area contributed by atoms with E-state index in [0.29, 0.717) is 19.4 Å². The van der Waals surface area contributed by atoms with Crippen LogP contribution in [0, 0.1) is 0 Å². The van der Waals surface area contributed by atoms with E-state index in [1.807, 2.05) is 36.4 Å². The highest BCUT2D eigenvalue weighted by atomic mass is 16.5. The molecule has 0 heterocycles. The lowest BCUT2D eigenvalue weighted by atomic mass is 9.98. The van der Waals surface area contributed by atoms with Crippen LogP contribution in [0.4, 0.5) is 4.79 Å². The van der Waals surface area contributed by atoms with Crippen LogP contribution in [0.5, 0.6) is 0 Å². The van der Waals surface area contributed by atoms with Crippen LogP contribution in [-0.2, 0) is 9.53 Å². The molecular weight excluding hydrogens is 384 g/mol. The number of fused-ring (bicyclic) bond motifs is 3. The van der Waals surface area contributed by atoms with Crippen LogP contribution in [0.25, 0.3) is 11.1 Å². The van der Waals surface area contributed by atoms with E-state index in [4.69, 9.17) is 21.3 Å². The Hall–Kier alpha value is -3.55. The molecule has 8 nitrogen and oxygen atoms in total. The van der Waals surface area contributed by atoms with Crippen LogP contribution in [0.15, 0.2) is 53.5 Å². The molecule has 1 amide bonds. The number of guanidine groups is 1. The molecule has 0 fully saturated rings. The lowest BCUT2D eigenvalue weighted by Gasteiger charge is -2.18. The standard InChI is InChI=1S/C22H26N4O4/c23-21(24)25-11-5-6-14(12-20(27)28)26-22(29)30-13-19-17-9-3-1-7-15(17)16-8-2-4-10-18(16)19/h1-4,7-10,14,19H,5-6,11-13H2,(H,26,29)(H,27,28)(H4,23,24,25)/t14-/m1/s1. The third kappa shape index (κ3) is 5.28. The molecular formula is C22H26N4O4. The number of nitrogens with zero attached hydrogens (tertiary/aromatic N) is 1. The van der Waals surface area contributed by atoms with Gasteiger partial charge in [0.1, 0.15) is 6.61 Å². The van der Waals surface area contributed by atoms with Crippen LogP contribution in [0.2, 0.25) is 0 Å². The number of nitrogens with two attached hydrogens (primary N) is 2. The Morgan fingerprint density at radius 2 is 1.67 bits per heavy atom. The predicted octanol–water partition coefficient (Wildman–Crippen LogP) is 2.42. The molecule has 0 aromatic heterocycles. The van der Waals surface area contributed by atoms with E-state index in [0.717, 1.165) is 22.3 Å². The fourth-order valence-electron chi connectivity index (χ4n) is 3.79. The number of benzene rings is 2. The second kappa shape index (κ2) is 9.78. The van der Waals surface area contributed by atoms with Gasteiger partial charge in [-0.15, -0.1) is 0 Å². The van der Waals surface area contributed by atoms with Gasteiger partial charge in [-0.25, -0.2) is 4.79 Å². The van der Waals surface area contributed by atoms with E-state index < -0.39 is 18.1 Å². The summed E-state index contributed by atoms with van der Waals surface area (Å²) in [6.07, 6.45) is 0.128. The maximum atomic E-state index is 12.4. The van der Waals surface area contributed by atoms with Gasteiger partial charge in [0.25, 0.3) is 0 Å². The number of amides is 1. The first-order chi connectivity index (χ1) is 14.5. The summed E-state index contributed by atoms with van der Waals surface area (Å²) in [6, 6.07) is 15.6. The summed E-state index contributed by atoms with van der Waals surface area (Å²) >= 11 is 0. The van der Waals surface area contributed by atoms with Crippen LogP contribution >= 0.6 is 0 Å². The van der Waals surface area contributed by atoms with E-state index in [-0.39, 0.29) is 24.9 Å². The Morgan fingerprint density at radius 3 is 2.23 bits per heavy atom.